The molecule has 0 aliphatic carbocycles. The molecule has 1 N–H and O–H groups in total. The highest BCUT2D eigenvalue weighted by Gasteiger charge is 2.08. The highest BCUT2D eigenvalue weighted by atomic mass is 32.2. The van der Waals surface area contributed by atoms with Crippen LogP contribution in [0, 0.1) is 0 Å². The van der Waals surface area contributed by atoms with Gasteiger partial charge in [-0.05, 0) is 29.8 Å². The molecule has 128 valence electrons. The van der Waals surface area contributed by atoms with Gasteiger partial charge in [0.05, 0.1) is 0 Å². The fraction of sp³-hybridized carbons (Fsp3) is 0.167. The Labute approximate surface area is 155 Å². The van der Waals surface area contributed by atoms with Gasteiger partial charge in [-0.3, -0.25) is 4.79 Å². The molecule has 7 heteroatoms. The van der Waals surface area contributed by atoms with Crippen molar-refractivity contribution in [3.8, 4) is 0 Å². The molecule has 25 heavy (non-hydrogen) atoms. The summed E-state index contributed by atoms with van der Waals surface area (Å²) in [5.74, 6) is 0.802. The smallest absolute Gasteiger partial charge is 0.253 e. The Bertz CT molecular complexity index is 832. The second kappa shape index (κ2) is 8.13. The summed E-state index contributed by atoms with van der Waals surface area (Å²) in [6, 6.07) is 17.6. The first-order valence-electron chi connectivity index (χ1n) is 7.71. The van der Waals surface area contributed by atoms with Crippen LogP contribution in [0.5, 0.6) is 0 Å². The summed E-state index contributed by atoms with van der Waals surface area (Å²) in [7, 11) is 3.51. The maximum atomic E-state index is 11.9. The van der Waals surface area contributed by atoms with Crippen molar-refractivity contribution in [1.82, 2.24) is 15.1 Å². The summed E-state index contributed by atoms with van der Waals surface area (Å²) in [4.78, 5) is 13.5. The van der Waals surface area contributed by atoms with Gasteiger partial charge < -0.3 is 10.2 Å². The Kier molecular flexibility index (Phi) is 5.67. The van der Waals surface area contributed by atoms with Gasteiger partial charge in [0.2, 0.25) is 5.13 Å². The van der Waals surface area contributed by atoms with Crippen LogP contribution < -0.4 is 5.32 Å². The van der Waals surface area contributed by atoms with Gasteiger partial charge in [0, 0.05) is 31.1 Å². The molecule has 0 aliphatic rings. The van der Waals surface area contributed by atoms with E-state index in [1.807, 2.05) is 54.6 Å². The van der Waals surface area contributed by atoms with Crippen molar-refractivity contribution >= 4 is 39.8 Å². The summed E-state index contributed by atoms with van der Waals surface area (Å²) < 4.78 is 0.909. The molecule has 0 radical (unpaired) electrons. The van der Waals surface area contributed by atoms with Gasteiger partial charge in [-0.1, -0.05) is 53.4 Å². The Morgan fingerprint density at radius 1 is 1.08 bits per heavy atom. The number of carbonyl (C=O) groups is 1. The van der Waals surface area contributed by atoms with Crippen LogP contribution in [0.4, 0.5) is 10.8 Å². The number of rotatable bonds is 6. The van der Waals surface area contributed by atoms with E-state index in [0.29, 0.717) is 5.56 Å². The molecule has 3 rings (SSSR count). The SMILES string of the molecule is CN(C)C(=O)c1ccc(CSc2nnc(Nc3ccccc3)s2)cc1. The number of benzene rings is 2. The maximum Gasteiger partial charge on any atom is 0.253 e. The third kappa shape index (κ3) is 4.80. The second-order valence-corrected chi connectivity index (χ2v) is 7.75. The molecule has 1 amide bonds. The number of hydrogen-bond donors (Lipinski definition) is 1. The lowest BCUT2D eigenvalue weighted by atomic mass is 10.1. The molecule has 0 aliphatic heterocycles. The van der Waals surface area contributed by atoms with Gasteiger partial charge in [-0.2, -0.15) is 0 Å². The molecular formula is C18H18N4OS2. The Balaban J connectivity index is 1.56. The zero-order chi connectivity index (χ0) is 17.6. The lowest BCUT2D eigenvalue weighted by Crippen LogP contribution is -2.21. The molecule has 1 heterocycles. The fourth-order valence-electron chi connectivity index (χ4n) is 2.11. The fourth-order valence-corrected chi connectivity index (χ4v) is 3.84. The number of hydrogen-bond acceptors (Lipinski definition) is 6. The van der Waals surface area contributed by atoms with Crippen LogP contribution >= 0.6 is 23.1 Å². The Morgan fingerprint density at radius 3 is 2.48 bits per heavy atom. The normalized spacial score (nSPS) is 10.5. The van der Waals surface area contributed by atoms with E-state index >= 15 is 0 Å². The molecule has 0 atom stereocenters. The molecule has 0 spiro atoms. The van der Waals surface area contributed by atoms with E-state index in [1.54, 1.807) is 30.8 Å². The molecule has 0 saturated carbocycles. The van der Waals surface area contributed by atoms with E-state index in [0.717, 1.165) is 26.5 Å². The predicted molar refractivity (Wildman–Crippen MR) is 104 cm³/mol. The molecule has 1 aromatic heterocycles. The summed E-state index contributed by atoms with van der Waals surface area (Å²) >= 11 is 3.16. The van der Waals surface area contributed by atoms with Gasteiger partial charge in [-0.25, -0.2) is 0 Å². The zero-order valence-electron chi connectivity index (χ0n) is 14.0. The average molecular weight is 371 g/mol. The number of anilines is 2. The van der Waals surface area contributed by atoms with Crippen molar-refractivity contribution in [1.29, 1.82) is 0 Å². The van der Waals surface area contributed by atoms with Gasteiger partial charge >= 0.3 is 0 Å². The van der Waals surface area contributed by atoms with Crippen molar-refractivity contribution < 1.29 is 4.79 Å². The summed E-state index contributed by atoms with van der Waals surface area (Å²) in [5, 5.41) is 12.4. The first-order chi connectivity index (χ1) is 12.1. The molecule has 0 unspecified atom stereocenters. The second-order valence-electron chi connectivity index (χ2n) is 5.55. The van der Waals surface area contributed by atoms with Crippen LogP contribution in [0.1, 0.15) is 15.9 Å². The maximum absolute atomic E-state index is 11.9. The van der Waals surface area contributed by atoms with Crippen molar-refractivity contribution in [2.45, 2.75) is 10.1 Å². The zero-order valence-corrected chi connectivity index (χ0v) is 15.6. The highest BCUT2D eigenvalue weighted by Crippen LogP contribution is 2.29. The van der Waals surface area contributed by atoms with Crippen LogP contribution in [0.3, 0.4) is 0 Å². The number of para-hydroxylation sites is 1. The minimum Gasteiger partial charge on any atom is -0.345 e. The predicted octanol–water partition coefficient (Wildman–Crippen LogP) is 4.28. The highest BCUT2D eigenvalue weighted by molar-refractivity contribution is 8.00. The Hall–Kier alpha value is -2.38. The lowest BCUT2D eigenvalue weighted by molar-refractivity contribution is 0.0827. The number of nitrogens with one attached hydrogen (secondary N) is 1. The van der Waals surface area contributed by atoms with E-state index in [1.165, 1.54) is 11.3 Å². The van der Waals surface area contributed by atoms with Crippen molar-refractivity contribution in [3.63, 3.8) is 0 Å². The number of carbonyl (C=O) groups excluding carboxylic acids is 1. The molecular weight excluding hydrogens is 352 g/mol. The topological polar surface area (TPSA) is 58.1 Å². The van der Waals surface area contributed by atoms with Crippen LogP contribution in [0.2, 0.25) is 0 Å². The minimum atomic E-state index is 0.0138. The average Bonchev–Trinajstić information content (AvgIpc) is 3.08. The van der Waals surface area contributed by atoms with Crippen molar-refractivity contribution in [3.05, 3.63) is 65.7 Å². The van der Waals surface area contributed by atoms with Crippen LogP contribution in [-0.2, 0) is 5.75 Å². The van der Waals surface area contributed by atoms with Crippen molar-refractivity contribution in [2.75, 3.05) is 19.4 Å². The lowest BCUT2D eigenvalue weighted by Gasteiger charge is -2.10. The number of aromatic nitrogens is 2. The third-order valence-electron chi connectivity index (χ3n) is 3.40. The molecule has 3 aromatic rings. The number of nitrogens with zero attached hydrogens (tertiary/aromatic N) is 3. The van der Waals surface area contributed by atoms with Crippen molar-refractivity contribution in [2.24, 2.45) is 0 Å². The first kappa shape index (κ1) is 17.4. The minimum absolute atomic E-state index is 0.0138. The molecule has 0 fully saturated rings. The van der Waals surface area contributed by atoms with E-state index in [-0.39, 0.29) is 5.91 Å². The Morgan fingerprint density at radius 2 is 1.80 bits per heavy atom. The van der Waals surface area contributed by atoms with Crippen LogP contribution in [0.15, 0.2) is 58.9 Å². The van der Waals surface area contributed by atoms with Gasteiger partial charge in [0.25, 0.3) is 5.91 Å². The summed E-state index contributed by atoms with van der Waals surface area (Å²) in [6.07, 6.45) is 0. The van der Waals surface area contributed by atoms with Crippen LogP contribution in [-0.4, -0.2) is 35.1 Å². The van der Waals surface area contributed by atoms with E-state index in [2.05, 4.69) is 15.5 Å². The van der Waals surface area contributed by atoms with E-state index in [9.17, 15) is 4.79 Å². The molecule has 0 saturated heterocycles. The monoisotopic (exact) mass is 370 g/mol. The van der Waals surface area contributed by atoms with Gasteiger partial charge in [0.15, 0.2) is 4.34 Å². The summed E-state index contributed by atoms with van der Waals surface area (Å²) in [5.41, 5.74) is 2.84. The van der Waals surface area contributed by atoms with E-state index in [4.69, 9.17) is 0 Å². The number of thioether (sulfide) groups is 1. The van der Waals surface area contributed by atoms with Gasteiger partial charge in [-0.15, -0.1) is 10.2 Å². The van der Waals surface area contributed by atoms with Crippen LogP contribution in [0.25, 0.3) is 0 Å². The van der Waals surface area contributed by atoms with Gasteiger partial charge in [0.1, 0.15) is 0 Å². The molecule has 5 nitrogen and oxygen atoms in total. The first-order valence-corrected chi connectivity index (χ1v) is 9.51. The molecule has 2 aromatic carbocycles. The number of amides is 1. The quantitative estimate of drug-likeness (QED) is 0.657. The third-order valence-corrected chi connectivity index (χ3v) is 5.44. The summed E-state index contributed by atoms with van der Waals surface area (Å²) in [6.45, 7) is 0. The molecule has 0 bridgehead atoms. The standard InChI is InChI=1S/C18H18N4OS2/c1-22(2)16(23)14-10-8-13(9-11-14)12-24-18-21-20-17(25-18)19-15-6-4-3-5-7-15/h3-11H,12H2,1-2H3,(H,19,20). The largest absolute Gasteiger partial charge is 0.345 e. The van der Waals surface area contributed by atoms with E-state index < -0.39 is 0 Å².